The van der Waals surface area contributed by atoms with Crippen molar-refractivity contribution >= 4 is 17.4 Å². The van der Waals surface area contributed by atoms with Gasteiger partial charge in [0.15, 0.2) is 5.78 Å². The number of benzene rings is 1. The first-order chi connectivity index (χ1) is 9.39. The zero-order valence-electron chi connectivity index (χ0n) is 10.2. The van der Waals surface area contributed by atoms with Gasteiger partial charge < -0.3 is 9.47 Å². The molecule has 0 saturated heterocycles. The second kappa shape index (κ2) is 6.00. The van der Waals surface area contributed by atoms with Gasteiger partial charge in [0.05, 0.1) is 10.9 Å². The van der Waals surface area contributed by atoms with Gasteiger partial charge in [0.1, 0.15) is 11.5 Å². The Bertz CT molecular complexity index is 524. The molecule has 0 heterocycles. The first kappa shape index (κ1) is 17.4. The van der Waals surface area contributed by atoms with E-state index < -0.39 is 40.9 Å². The molecule has 1 aromatic carbocycles. The fourth-order valence-electron chi connectivity index (χ4n) is 1.33. The van der Waals surface area contributed by atoms with E-state index in [1.54, 1.807) is 0 Å². The number of halogens is 7. The number of ketones is 1. The minimum Gasteiger partial charge on any atom is -0.406 e. The summed E-state index contributed by atoms with van der Waals surface area (Å²) in [5.74, 6) is -2.87. The van der Waals surface area contributed by atoms with Crippen LogP contribution in [0.15, 0.2) is 18.2 Å². The Kier molecular flexibility index (Phi) is 4.98. The van der Waals surface area contributed by atoms with E-state index in [1.807, 2.05) is 0 Å². The molecule has 0 N–H and O–H groups in total. The molecular weight excluding hydrogens is 330 g/mol. The summed E-state index contributed by atoms with van der Waals surface area (Å²) in [5.41, 5.74) is -0.767. The summed E-state index contributed by atoms with van der Waals surface area (Å²) in [7, 11) is 0. The van der Waals surface area contributed by atoms with Crippen molar-refractivity contribution in [1.82, 2.24) is 0 Å². The maximum absolute atomic E-state index is 12.2. The van der Waals surface area contributed by atoms with Gasteiger partial charge in [0.2, 0.25) is 0 Å². The summed E-state index contributed by atoms with van der Waals surface area (Å²) >= 11 is 5.44. The standard InChI is InChI=1S/C11H7ClF6O3/c1-5(12)9(19)7-4-6(20-10(13,14)15)2-3-8(7)21-11(16,17)18/h2-5H,1H3. The van der Waals surface area contributed by atoms with Crippen LogP contribution in [-0.4, -0.2) is 23.9 Å². The van der Waals surface area contributed by atoms with Gasteiger partial charge in [-0.2, -0.15) is 0 Å². The highest BCUT2D eigenvalue weighted by molar-refractivity contribution is 6.34. The molecule has 1 rings (SSSR count). The monoisotopic (exact) mass is 336 g/mol. The molecule has 0 saturated carbocycles. The molecule has 10 heteroatoms. The second-order valence-electron chi connectivity index (χ2n) is 3.73. The Morgan fingerprint density at radius 3 is 2.05 bits per heavy atom. The summed E-state index contributed by atoms with van der Waals surface area (Å²) in [5, 5.41) is -1.26. The molecule has 0 aromatic heterocycles. The van der Waals surface area contributed by atoms with E-state index in [2.05, 4.69) is 9.47 Å². The minimum atomic E-state index is -5.11. The number of hydrogen-bond donors (Lipinski definition) is 0. The topological polar surface area (TPSA) is 35.5 Å². The molecule has 118 valence electrons. The van der Waals surface area contributed by atoms with E-state index in [0.29, 0.717) is 18.2 Å². The second-order valence-corrected chi connectivity index (χ2v) is 4.39. The van der Waals surface area contributed by atoms with Crippen LogP contribution < -0.4 is 9.47 Å². The van der Waals surface area contributed by atoms with Crippen molar-refractivity contribution in [3.63, 3.8) is 0 Å². The highest BCUT2D eigenvalue weighted by Gasteiger charge is 2.35. The van der Waals surface area contributed by atoms with Crippen LogP contribution in [0.5, 0.6) is 11.5 Å². The number of rotatable bonds is 4. The Balaban J connectivity index is 3.23. The van der Waals surface area contributed by atoms with Crippen molar-refractivity contribution in [2.45, 2.75) is 25.0 Å². The van der Waals surface area contributed by atoms with Gasteiger partial charge >= 0.3 is 12.7 Å². The van der Waals surface area contributed by atoms with Crippen molar-refractivity contribution in [2.75, 3.05) is 0 Å². The van der Waals surface area contributed by atoms with Crippen LogP contribution in [0.4, 0.5) is 26.3 Å². The van der Waals surface area contributed by atoms with Gasteiger partial charge in [-0.05, 0) is 25.1 Å². The third-order valence-corrected chi connectivity index (χ3v) is 2.24. The Hall–Kier alpha value is -1.64. The molecule has 1 aromatic rings. The zero-order valence-corrected chi connectivity index (χ0v) is 10.9. The summed E-state index contributed by atoms with van der Waals surface area (Å²) in [4.78, 5) is 11.7. The molecule has 0 aliphatic heterocycles. The largest absolute Gasteiger partial charge is 0.573 e. The van der Waals surface area contributed by atoms with Crippen molar-refractivity contribution in [1.29, 1.82) is 0 Å². The van der Waals surface area contributed by atoms with Crippen LogP contribution in [0, 0.1) is 0 Å². The predicted molar refractivity (Wildman–Crippen MR) is 59.5 cm³/mol. The van der Waals surface area contributed by atoms with Crippen LogP contribution >= 0.6 is 11.6 Å². The van der Waals surface area contributed by atoms with Crippen LogP contribution in [0.25, 0.3) is 0 Å². The highest BCUT2D eigenvalue weighted by atomic mass is 35.5. The van der Waals surface area contributed by atoms with Crippen molar-refractivity contribution in [3.05, 3.63) is 23.8 Å². The number of carbonyl (C=O) groups is 1. The van der Waals surface area contributed by atoms with Gasteiger partial charge in [-0.1, -0.05) is 0 Å². The number of carbonyl (C=O) groups excluding carboxylic acids is 1. The SMILES string of the molecule is CC(Cl)C(=O)c1cc(OC(F)(F)F)ccc1OC(F)(F)F. The first-order valence-electron chi connectivity index (χ1n) is 5.23. The van der Waals surface area contributed by atoms with Gasteiger partial charge in [-0.25, -0.2) is 0 Å². The zero-order chi connectivity index (χ0) is 16.4. The molecule has 21 heavy (non-hydrogen) atoms. The molecule has 0 amide bonds. The van der Waals surface area contributed by atoms with Crippen LogP contribution in [0.3, 0.4) is 0 Å². The van der Waals surface area contributed by atoms with Gasteiger partial charge in [0.25, 0.3) is 0 Å². The number of alkyl halides is 7. The molecule has 0 fully saturated rings. The van der Waals surface area contributed by atoms with Crippen LogP contribution in [-0.2, 0) is 0 Å². The Morgan fingerprint density at radius 1 is 1.10 bits per heavy atom. The molecule has 1 atom stereocenters. The lowest BCUT2D eigenvalue weighted by Crippen LogP contribution is -2.21. The fourth-order valence-corrected chi connectivity index (χ4v) is 1.44. The molecule has 1 unspecified atom stereocenters. The third kappa shape index (κ3) is 5.70. The lowest BCUT2D eigenvalue weighted by molar-refractivity contribution is -0.277. The number of Topliss-reactive ketones (excluding diaryl/α,β-unsaturated/α-hetero) is 1. The molecular formula is C11H7ClF6O3. The molecule has 0 aliphatic rings. The normalized spacial score (nSPS) is 13.7. The lowest BCUT2D eigenvalue weighted by atomic mass is 10.1. The molecule has 0 radical (unpaired) electrons. The van der Waals surface area contributed by atoms with Crippen molar-refractivity contribution in [3.8, 4) is 11.5 Å². The van der Waals surface area contributed by atoms with E-state index in [-0.39, 0.29) is 0 Å². The lowest BCUT2D eigenvalue weighted by Gasteiger charge is -2.15. The van der Waals surface area contributed by atoms with E-state index in [0.717, 1.165) is 6.92 Å². The quantitative estimate of drug-likeness (QED) is 0.467. The maximum atomic E-state index is 12.2. The minimum absolute atomic E-state index is 0.482. The third-order valence-electron chi connectivity index (χ3n) is 2.04. The van der Waals surface area contributed by atoms with E-state index in [4.69, 9.17) is 11.6 Å². The van der Waals surface area contributed by atoms with Gasteiger partial charge in [-0.15, -0.1) is 37.9 Å². The molecule has 3 nitrogen and oxygen atoms in total. The maximum Gasteiger partial charge on any atom is 0.573 e. The summed E-state index contributed by atoms with van der Waals surface area (Å²) in [6.45, 7) is 1.15. The predicted octanol–water partition coefficient (Wildman–Crippen LogP) is 4.29. The first-order valence-corrected chi connectivity index (χ1v) is 5.66. The average Bonchev–Trinajstić information content (AvgIpc) is 2.26. The van der Waals surface area contributed by atoms with Gasteiger partial charge in [-0.3, -0.25) is 4.79 Å². The van der Waals surface area contributed by atoms with Crippen molar-refractivity contribution < 1.29 is 40.6 Å². The van der Waals surface area contributed by atoms with Crippen LogP contribution in [0.2, 0.25) is 0 Å². The van der Waals surface area contributed by atoms with E-state index >= 15 is 0 Å². The average molecular weight is 337 g/mol. The highest BCUT2D eigenvalue weighted by Crippen LogP contribution is 2.32. The Labute approximate surface area is 119 Å². The molecule has 0 spiro atoms. The fraction of sp³-hybridized carbons (Fsp3) is 0.364. The molecule has 0 aliphatic carbocycles. The summed E-state index contributed by atoms with van der Waals surface area (Å²) in [6, 6.07) is 1.61. The number of ether oxygens (including phenoxy) is 2. The molecule has 0 bridgehead atoms. The summed E-state index contributed by atoms with van der Waals surface area (Å²) < 4.78 is 79.8. The smallest absolute Gasteiger partial charge is 0.406 e. The van der Waals surface area contributed by atoms with Gasteiger partial charge in [0, 0.05) is 0 Å². The van der Waals surface area contributed by atoms with E-state index in [1.165, 1.54) is 0 Å². The van der Waals surface area contributed by atoms with E-state index in [9.17, 15) is 31.1 Å². The number of hydrogen-bond acceptors (Lipinski definition) is 3. The van der Waals surface area contributed by atoms with Crippen molar-refractivity contribution in [2.24, 2.45) is 0 Å². The summed E-state index contributed by atoms with van der Waals surface area (Å²) in [6.07, 6.45) is -10.2. The Morgan fingerprint density at radius 2 is 1.62 bits per heavy atom. The van der Waals surface area contributed by atoms with Crippen LogP contribution in [0.1, 0.15) is 17.3 Å².